The molecule has 0 bridgehead atoms. The van der Waals surface area contributed by atoms with Crippen molar-refractivity contribution in [1.82, 2.24) is 4.90 Å². The predicted octanol–water partition coefficient (Wildman–Crippen LogP) is 1.38. The zero-order valence-corrected chi connectivity index (χ0v) is 12.7. The van der Waals surface area contributed by atoms with E-state index in [9.17, 15) is 9.59 Å². The Bertz CT molecular complexity index is 474. The highest BCUT2D eigenvalue weighted by molar-refractivity contribution is 6.03. The summed E-state index contributed by atoms with van der Waals surface area (Å²) in [4.78, 5) is 25.3. The Morgan fingerprint density at radius 2 is 1.81 bits per heavy atom. The van der Waals surface area contributed by atoms with Crippen LogP contribution in [0.3, 0.4) is 0 Å². The standard InChI is InChI=1S/C15H22N2O4/c1-4-20-9-10-21-11-14(18)16-13-8-6-5-7-12(13)15(19)17(2)3/h5-8H,4,9-11H2,1-3H3,(H,16,18). The van der Waals surface area contributed by atoms with Gasteiger partial charge in [0.1, 0.15) is 6.61 Å². The molecule has 0 aromatic heterocycles. The van der Waals surface area contributed by atoms with Crippen molar-refractivity contribution in [3.63, 3.8) is 0 Å². The number of para-hydroxylation sites is 1. The van der Waals surface area contributed by atoms with Crippen molar-refractivity contribution >= 4 is 17.5 Å². The van der Waals surface area contributed by atoms with E-state index in [2.05, 4.69) is 5.32 Å². The minimum Gasteiger partial charge on any atom is -0.379 e. The highest BCUT2D eigenvalue weighted by atomic mass is 16.5. The molecule has 0 saturated carbocycles. The maximum atomic E-state index is 12.0. The summed E-state index contributed by atoms with van der Waals surface area (Å²) in [5, 5.41) is 2.68. The number of nitrogens with one attached hydrogen (secondary N) is 1. The molecule has 0 atom stereocenters. The summed E-state index contributed by atoms with van der Waals surface area (Å²) in [6, 6.07) is 6.88. The Hall–Kier alpha value is -1.92. The Morgan fingerprint density at radius 1 is 1.14 bits per heavy atom. The van der Waals surface area contributed by atoms with E-state index in [4.69, 9.17) is 9.47 Å². The van der Waals surface area contributed by atoms with Crippen molar-refractivity contribution < 1.29 is 19.1 Å². The third-order valence-electron chi connectivity index (χ3n) is 2.65. The monoisotopic (exact) mass is 294 g/mol. The largest absolute Gasteiger partial charge is 0.379 e. The third kappa shape index (κ3) is 5.93. The molecule has 0 aliphatic carbocycles. The fourth-order valence-electron chi connectivity index (χ4n) is 1.63. The van der Waals surface area contributed by atoms with Crippen LogP contribution >= 0.6 is 0 Å². The molecule has 1 N–H and O–H groups in total. The van der Waals surface area contributed by atoms with Crippen molar-refractivity contribution in [3.05, 3.63) is 29.8 Å². The summed E-state index contributed by atoms with van der Waals surface area (Å²) in [5.74, 6) is -0.464. The maximum absolute atomic E-state index is 12.0. The fraction of sp³-hybridized carbons (Fsp3) is 0.467. The number of amides is 2. The quantitative estimate of drug-likeness (QED) is 0.736. The third-order valence-corrected chi connectivity index (χ3v) is 2.65. The number of hydrogen-bond acceptors (Lipinski definition) is 4. The molecule has 0 aliphatic heterocycles. The summed E-state index contributed by atoms with van der Waals surface area (Å²) in [5.41, 5.74) is 0.930. The van der Waals surface area contributed by atoms with E-state index in [0.29, 0.717) is 31.1 Å². The van der Waals surface area contributed by atoms with Gasteiger partial charge in [-0.15, -0.1) is 0 Å². The normalized spacial score (nSPS) is 10.2. The van der Waals surface area contributed by atoms with Gasteiger partial charge in [-0.05, 0) is 19.1 Å². The number of hydrogen-bond donors (Lipinski definition) is 1. The Balaban J connectivity index is 2.54. The van der Waals surface area contributed by atoms with E-state index in [0.717, 1.165) is 0 Å². The van der Waals surface area contributed by atoms with Gasteiger partial charge in [0.25, 0.3) is 5.91 Å². The second-order valence-corrected chi connectivity index (χ2v) is 4.54. The van der Waals surface area contributed by atoms with Crippen LogP contribution in [0.2, 0.25) is 0 Å². The van der Waals surface area contributed by atoms with Crippen LogP contribution in [0.1, 0.15) is 17.3 Å². The SMILES string of the molecule is CCOCCOCC(=O)Nc1ccccc1C(=O)N(C)C. The van der Waals surface area contributed by atoms with Crippen LogP contribution in [-0.2, 0) is 14.3 Å². The number of nitrogens with zero attached hydrogens (tertiary/aromatic N) is 1. The average Bonchev–Trinajstić information content (AvgIpc) is 2.46. The molecule has 0 spiro atoms. The summed E-state index contributed by atoms with van der Waals surface area (Å²) < 4.78 is 10.3. The molecule has 21 heavy (non-hydrogen) atoms. The van der Waals surface area contributed by atoms with Crippen LogP contribution in [0.25, 0.3) is 0 Å². The Labute approximate surface area is 125 Å². The van der Waals surface area contributed by atoms with Gasteiger partial charge in [-0.25, -0.2) is 0 Å². The number of benzene rings is 1. The smallest absolute Gasteiger partial charge is 0.255 e. The van der Waals surface area contributed by atoms with Crippen molar-refractivity contribution in [1.29, 1.82) is 0 Å². The molecule has 1 rings (SSSR count). The first-order valence-corrected chi connectivity index (χ1v) is 6.82. The lowest BCUT2D eigenvalue weighted by Crippen LogP contribution is -2.25. The van der Waals surface area contributed by atoms with Gasteiger partial charge in [0, 0.05) is 20.7 Å². The molecular weight excluding hydrogens is 272 g/mol. The van der Waals surface area contributed by atoms with Gasteiger partial charge in [-0.3, -0.25) is 9.59 Å². The molecule has 0 saturated heterocycles. The summed E-state index contributed by atoms with van der Waals surface area (Å²) in [7, 11) is 3.33. The van der Waals surface area contributed by atoms with Crippen LogP contribution in [0.5, 0.6) is 0 Å². The number of carbonyl (C=O) groups is 2. The lowest BCUT2D eigenvalue weighted by Gasteiger charge is -2.14. The van der Waals surface area contributed by atoms with E-state index in [-0.39, 0.29) is 18.4 Å². The van der Waals surface area contributed by atoms with Gasteiger partial charge in [0.05, 0.1) is 24.5 Å². The minimum atomic E-state index is -0.300. The first kappa shape index (κ1) is 17.1. The molecular formula is C15H22N2O4. The summed E-state index contributed by atoms with van der Waals surface area (Å²) >= 11 is 0. The second kappa shape index (κ2) is 9.10. The van der Waals surface area contributed by atoms with Crippen molar-refractivity contribution in [3.8, 4) is 0 Å². The molecule has 6 heteroatoms. The maximum Gasteiger partial charge on any atom is 0.255 e. The van der Waals surface area contributed by atoms with Gasteiger partial charge in [0.2, 0.25) is 5.91 Å². The topological polar surface area (TPSA) is 67.9 Å². The van der Waals surface area contributed by atoms with Crippen molar-refractivity contribution in [2.24, 2.45) is 0 Å². The molecule has 0 heterocycles. The van der Waals surface area contributed by atoms with E-state index in [1.54, 1.807) is 38.4 Å². The van der Waals surface area contributed by atoms with Gasteiger partial charge >= 0.3 is 0 Å². The van der Waals surface area contributed by atoms with Crippen LogP contribution < -0.4 is 5.32 Å². The molecule has 0 fully saturated rings. The zero-order valence-electron chi connectivity index (χ0n) is 12.7. The number of ether oxygens (including phenoxy) is 2. The molecule has 0 aliphatic rings. The van der Waals surface area contributed by atoms with Crippen molar-refractivity contribution in [2.45, 2.75) is 6.92 Å². The van der Waals surface area contributed by atoms with Gasteiger partial charge in [-0.1, -0.05) is 12.1 Å². The van der Waals surface area contributed by atoms with Crippen LogP contribution in [-0.4, -0.2) is 57.2 Å². The van der Waals surface area contributed by atoms with E-state index in [1.165, 1.54) is 4.90 Å². The van der Waals surface area contributed by atoms with Crippen LogP contribution in [0, 0.1) is 0 Å². The molecule has 0 unspecified atom stereocenters. The molecule has 1 aromatic carbocycles. The molecule has 116 valence electrons. The van der Waals surface area contributed by atoms with E-state index >= 15 is 0 Å². The lowest BCUT2D eigenvalue weighted by atomic mass is 10.1. The highest BCUT2D eigenvalue weighted by Gasteiger charge is 2.14. The van der Waals surface area contributed by atoms with Crippen LogP contribution in [0.4, 0.5) is 5.69 Å². The Morgan fingerprint density at radius 3 is 2.48 bits per heavy atom. The zero-order chi connectivity index (χ0) is 15.7. The Kier molecular flexibility index (Phi) is 7.42. The molecule has 6 nitrogen and oxygen atoms in total. The summed E-state index contributed by atoms with van der Waals surface area (Å²) in [6.45, 7) is 3.26. The first-order chi connectivity index (χ1) is 10.1. The lowest BCUT2D eigenvalue weighted by molar-refractivity contribution is -0.121. The number of rotatable bonds is 8. The molecule has 2 amide bonds. The van der Waals surface area contributed by atoms with E-state index < -0.39 is 0 Å². The fourth-order valence-corrected chi connectivity index (χ4v) is 1.63. The number of carbonyl (C=O) groups excluding carboxylic acids is 2. The summed E-state index contributed by atoms with van der Waals surface area (Å²) in [6.07, 6.45) is 0. The van der Waals surface area contributed by atoms with Gasteiger partial charge in [-0.2, -0.15) is 0 Å². The molecule has 0 radical (unpaired) electrons. The van der Waals surface area contributed by atoms with Crippen LogP contribution in [0.15, 0.2) is 24.3 Å². The highest BCUT2D eigenvalue weighted by Crippen LogP contribution is 2.16. The van der Waals surface area contributed by atoms with Gasteiger partial charge < -0.3 is 19.7 Å². The minimum absolute atomic E-state index is 0.0719. The second-order valence-electron chi connectivity index (χ2n) is 4.54. The number of anilines is 1. The molecule has 1 aromatic rings. The average molecular weight is 294 g/mol. The first-order valence-electron chi connectivity index (χ1n) is 6.82. The van der Waals surface area contributed by atoms with Gasteiger partial charge in [0.15, 0.2) is 0 Å². The van der Waals surface area contributed by atoms with E-state index in [1.807, 2.05) is 6.92 Å². The predicted molar refractivity (Wildman–Crippen MR) is 80.4 cm³/mol. The van der Waals surface area contributed by atoms with Crippen molar-refractivity contribution in [2.75, 3.05) is 45.8 Å².